The molecule has 0 radical (unpaired) electrons. The van der Waals surface area contributed by atoms with Crippen LogP contribution in [-0.4, -0.2) is 45.3 Å². The lowest BCUT2D eigenvalue weighted by molar-refractivity contribution is -0.0746. The molecule has 0 fully saturated rings. The van der Waals surface area contributed by atoms with Crippen LogP contribution in [0.5, 0.6) is 0 Å². The van der Waals surface area contributed by atoms with Crippen molar-refractivity contribution >= 4 is 40.9 Å². The third-order valence-electron chi connectivity index (χ3n) is 4.75. The van der Waals surface area contributed by atoms with Crippen molar-refractivity contribution < 1.29 is 28.9 Å². The first kappa shape index (κ1) is 24.9. The van der Waals surface area contributed by atoms with E-state index in [1.165, 1.54) is 4.90 Å². The number of halogens is 1. The molecular formula is C23H23ClN6O6. The minimum atomic E-state index is -1.44. The first-order valence-electron chi connectivity index (χ1n) is 10.8. The van der Waals surface area contributed by atoms with Gasteiger partial charge in [-0.1, -0.05) is 35.0 Å². The molecule has 0 saturated carbocycles. The fourth-order valence-corrected chi connectivity index (χ4v) is 3.37. The molecule has 1 aliphatic rings. The maximum Gasteiger partial charge on any atom is 0.407 e. The topological polar surface area (TPSA) is 151 Å². The van der Waals surface area contributed by atoms with Crippen LogP contribution >= 0.6 is 11.6 Å². The maximum atomic E-state index is 12.8. The number of carbonyl (C=O) groups is 2. The van der Waals surface area contributed by atoms with Crippen molar-refractivity contribution in [2.24, 2.45) is 5.16 Å². The zero-order valence-corrected chi connectivity index (χ0v) is 20.3. The molecule has 0 spiro atoms. The molecule has 3 N–H and O–H groups in total. The van der Waals surface area contributed by atoms with Gasteiger partial charge in [-0.25, -0.2) is 9.42 Å². The van der Waals surface area contributed by atoms with Crippen LogP contribution in [0.3, 0.4) is 0 Å². The second kappa shape index (κ2) is 10.2. The van der Waals surface area contributed by atoms with E-state index in [-0.39, 0.29) is 23.9 Å². The summed E-state index contributed by atoms with van der Waals surface area (Å²) in [5, 5.41) is 27.4. The van der Waals surface area contributed by atoms with E-state index >= 15 is 0 Å². The molecule has 0 aliphatic carbocycles. The highest BCUT2D eigenvalue weighted by atomic mass is 35.5. The van der Waals surface area contributed by atoms with Gasteiger partial charge in [0, 0.05) is 17.1 Å². The molecule has 1 aliphatic heterocycles. The number of rotatable bonds is 6. The van der Waals surface area contributed by atoms with Gasteiger partial charge in [0.25, 0.3) is 5.91 Å². The van der Waals surface area contributed by atoms with E-state index in [0.29, 0.717) is 16.3 Å². The summed E-state index contributed by atoms with van der Waals surface area (Å²) in [6, 6.07) is 13.2. The Morgan fingerprint density at radius 2 is 1.92 bits per heavy atom. The fourth-order valence-electron chi connectivity index (χ4n) is 3.19. The van der Waals surface area contributed by atoms with Gasteiger partial charge in [0.15, 0.2) is 5.69 Å². The van der Waals surface area contributed by atoms with Crippen molar-refractivity contribution in [1.82, 2.24) is 15.6 Å². The number of nitrogens with one attached hydrogen (secondary N) is 2. The standard InChI is InChI=1S/C23H23ClN6O6/c1-23(2,3)34-21(32)25-12-13-7-9-14(10-8-13)20(31)26-18-17(27-36-28-18)19-29-35-22(33)30(19)16-6-4-5-15(24)11-16/h4-11,22,33H,12H2,1-3H3,(H,25,32)(H,26,28,31). The van der Waals surface area contributed by atoms with Crippen LogP contribution in [0.4, 0.5) is 16.3 Å². The average Bonchev–Trinajstić information content (AvgIpc) is 3.42. The normalized spacial score (nSPS) is 15.2. The van der Waals surface area contributed by atoms with Gasteiger partial charge in [0.05, 0.1) is 5.69 Å². The number of aliphatic hydroxyl groups excluding tert-OH is 1. The number of alkyl carbamates (subject to hydrolysis) is 1. The van der Waals surface area contributed by atoms with Crippen molar-refractivity contribution in [3.8, 4) is 0 Å². The molecule has 1 atom stereocenters. The van der Waals surface area contributed by atoms with Gasteiger partial charge in [0.1, 0.15) is 5.60 Å². The Bertz CT molecular complexity index is 1290. The van der Waals surface area contributed by atoms with Gasteiger partial charge in [0.2, 0.25) is 11.7 Å². The first-order valence-corrected chi connectivity index (χ1v) is 11.2. The quantitative estimate of drug-likeness (QED) is 0.449. The number of nitrogens with zero attached hydrogens (tertiary/aromatic N) is 4. The molecule has 1 unspecified atom stereocenters. The van der Waals surface area contributed by atoms with Gasteiger partial charge in [-0.05, 0) is 67.0 Å². The highest BCUT2D eigenvalue weighted by Crippen LogP contribution is 2.28. The molecule has 13 heteroatoms. The monoisotopic (exact) mass is 514 g/mol. The number of hydrogen-bond acceptors (Lipinski definition) is 10. The van der Waals surface area contributed by atoms with Gasteiger partial charge >= 0.3 is 12.5 Å². The molecule has 36 heavy (non-hydrogen) atoms. The number of oxime groups is 1. The lowest BCUT2D eigenvalue weighted by Gasteiger charge is -2.20. The summed E-state index contributed by atoms with van der Waals surface area (Å²) in [6.07, 6.45) is -1.98. The number of benzene rings is 2. The number of ether oxygens (including phenoxy) is 1. The van der Waals surface area contributed by atoms with Crippen LogP contribution < -0.4 is 15.5 Å². The van der Waals surface area contributed by atoms with Crippen molar-refractivity contribution in [1.29, 1.82) is 0 Å². The van der Waals surface area contributed by atoms with Crippen LogP contribution in [0.25, 0.3) is 0 Å². The number of hydrogen-bond donors (Lipinski definition) is 3. The summed E-state index contributed by atoms with van der Waals surface area (Å²) >= 11 is 6.06. The number of amides is 2. The molecule has 188 valence electrons. The maximum absolute atomic E-state index is 12.8. The van der Waals surface area contributed by atoms with E-state index in [1.807, 2.05) is 0 Å². The Kier molecular flexibility index (Phi) is 7.08. The third-order valence-corrected chi connectivity index (χ3v) is 4.99. The van der Waals surface area contributed by atoms with E-state index in [2.05, 4.69) is 26.1 Å². The molecule has 3 aromatic rings. The SMILES string of the molecule is CC(C)(C)OC(=O)NCc1ccc(C(=O)Nc2nonc2C2=NOC(O)N2c2cccc(Cl)c2)cc1. The summed E-state index contributed by atoms with van der Waals surface area (Å²) in [5.74, 6) is -0.461. The Hall–Kier alpha value is -4.16. The second-order valence-electron chi connectivity index (χ2n) is 8.66. The van der Waals surface area contributed by atoms with Crippen LogP contribution in [0, 0.1) is 0 Å². The summed E-state index contributed by atoms with van der Waals surface area (Å²) < 4.78 is 10.0. The Morgan fingerprint density at radius 1 is 1.17 bits per heavy atom. The largest absolute Gasteiger partial charge is 0.444 e. The van der Waals surface area contributed by atoms with Gasteiger partial charge < -0.3 is 25.3 Å². The van der Waals surface area contributed by atoms with E-state index in [4.69, 9.17) is 25.8 Å². The van der Waals surface area contributed by atoms with Crippen LogP contribution in [-0.2, 0) is 16.1 Å². The molecule has 2 amide bonds. The first-order chi connectivity index (χ1) is 17.1. The van der Waals surface area contributed by atoms with Crippen LogP contribution in [0.15, 0.2) is 58.3 Å². The number of carbonyl (C=O) groups excluding carboxylic acids is 2. The van der Waals surface area contributed by atoms with E-state index < -0.39 is 24.0 Å². The van der Waals surface area contributed by atoms with Gasteiger partial charge in [-0.15, -0.1) is 0 Å². The van der Waals surface area contributed by atoms with Crippen molar-refractivity contribution in [2.75, 3.05) is 10.2 Å². The highest BCUT2D eigenvalue weighted by Gasteiger charge is 2.35. The number of anilines is 2. The third kappa shape index (κ3) is 5.90. The lowest BCUT2D eigenvalue weighted by Crippen LogP contribution is -2.37. The second-order valence-corrected chi connectivity index (χ2v) is 9.10. The molecule has 0 bridgehead atoms. The summed E-state index contributed by atoms with van der Waals surface area (Å²) in [6.45, 7) is 5.56. The lowest BCUT2D eigenvalue weighted by atomic mass is 10.1. The minimum absolute atomic E-state index is 0.0286. The predicted molar refractivity (Wildman–Crippen MR) is 129 cm³/mol. The minimum Gasteiger partial charge on any atom is -0.444 e. The van der Waals surface area contributed by atoms with Crippen molar-refractivity contribution in [2.45, 2.75) is 39.3 Å². The summed E-state index contributed by atoms with van der Waals surface area (Å²) in [4.78, 5) is 30.9. The molecule has 1 aromatic heterocycles. The zero-order chi connectivity index (χ0) is 25.9. The molecular weight excluding hydrogens is 492 g/mol. The van der Waals surface area contributed by atoms with Crippen molar-refractivity contribution in [3.05, 3.63) is 70.4 Å². The number of aromatic nitrogens is 2. The Balaban J connectivity index is 1.43. The van der Waals surface area contributed by atoms with E-state index in [9.17, 15) is 14.7 Å². The number of aliphatic hydroxyl groups is 1. The Labute approximate surface area is 210 Å². The predicted octanol–water partition coefficient (Wildman–Crippen LogP) is 3.47. The van der Waals surface area contributed by atoms with Gasteiger partial charge in [-0.3, -0.25) is 9.69 Å². The molecule has 4 rings (SSSR count). The van der Waals surface area contributed by atoms with E-state index in [1.54, 1.807) is 69.3 Å². The molecule has 12 nitrogen and oxygen atoms in total. The molecule has 0 saturated heterocycles. The zero-order valence-electron chi connectivity index (χ0n) is 19.6. The van der Waals surface area contributed by atoms with Crippen LogP contribution in [0.2, 0.25) is 5.02 Å². The number of amidine groups is 1. The fraction of sp³-hybridized carbons (Fsp3) is 0.261. The highest BCUT2D eigenvalue weighted by molar-refractivity contribution is 6.31. The Morgan fingerprint density at radius 3 is 2.61 bits per heavy atom. The van der Waals surface area contributed by atoms with Gasteiger partial charge in [-0.2, -0.15) is 0 Å². The van der Waals surface area contributed by atoms with E-state index in [0.717, 1.165) is 5.56 Å². The molecule has 2 aromatic carbocycles. The molecule has 2 heterocycles. The summed E-state index contributed by atoms with van der Waals surface area (Å²) in [5.41, 5.74) is 1.01. The van der Waals surface area contributed by atoms with Crippen LogP contribution in [0.1, 0.15) is 42.4 Å². The smallest absolute Gasteiger partial charge is 0.407 e. The summed E-state index contributed by atoms with van der Waals surface area (Å²) in [7, 11) is 0. The van der Waals surface area contributed by atoms with Crippen molar-refractivity contribution in [3.63, 3.8) is 0 Å². The average molecular weight is 515 g/mol.